The molecule has 0 aromatic heterocycles. The Balaban J connectivity index is 1.52. The van der Waals surface area contributed by atoms with Gasteiger partial charge in [0.1, 0.15) is 6.10 Å². The zero-order chi connectivity index (χ0) is 26.5. The fourth-order valence-corrected chi connectivity index (χ4v) is 11.9. The van der Waals surface area contributed by atoms with Crippen molar-refractivity contribution in [2.24, 2.45) is 56.7 Å². The number of rotatable bonds is 3. The minimum Gasteiger partial charge on any atom is -0.481 e. The quantitative estimate of drug-likeness (QED) is 0.320. The molecule has 0 amide bonds. The highest BCUT2D eigenvalue weighted by Gasteiger charge is 2.72. The third-order valence-corrected chi connectivity index (χ3v) is 13.7. The number of esters is 1. The smallest absolute Gasteiger partial charge is 0.309 e. The molecule has 1 unspecified atom stereocenters. The van der Waals surface area contributed by atoms with Crippen LogP contribution in [-0.2, 0) is 14.3 Å². The molecular formula is C32H50O4. The van der Waals surface area contributed by atoms with Crippen LogP contribution in [0.15, 0.2) is 12.2 Å². The van der Waals surface area contributed by atoms with Crippen LogP contribution in [0.2, 0.25) is 0 Å². The Labute approximate surface area is 219 Å². The number of allylic oxidation sites excluding steroid dienone is 1. The molecule has 5 aliphatic carbocycles. The first-order valence-electron chi connectivity index (χ1n) is 14.7. The number of hydrogen-bond acceptors (Lipinski definition) is 3. The van der Waals surface area contributed by atoms with Crippen LogP contribution >= 0.6 is 0 Å². The van der Waals surface area contributed by atoms with Crippen molar-refractivity contribution in [3.63, 3.8) is 0 Å². The van der Waals surface area contributed by atoms with Gasteiger partial charge in [-0.3, -0.25) is 9.59 Å². The molecule has 0 radical (unpaired) electrons. The summed E-state index contributed by atoms with van der Waals surface area (Å²) < 4.78 is 5.88. The van der Waals surface area contributed by atoms with E-state index >= 15 is 0 Å². The average molecular weight is 499 g/mol. The van der Waals surface area contributed by atoms with Crippen LogP contribution in [0, 0.1) is 56.7 Å². The molecule has 10 atom stereocenters. The number of carboxylic acids is 1. The summed E-state index contributed by atoms with van der Waals surface area (Å²) in [6, 6.07) is 0. The summed E-state index contributed by atoms with van der Waals surface area (Å²) in [5, 5.41) is 10.5. The van der Waals surface area contributed by atoms with Gasteiger partial charge in [0.2, 0.25) is 0 Å². The van der Waals surface area contributed by atoms with E-state index in [1.807, 2.05) is 0 Å². The molecule has 5 fully saturated rings. The van der Waals surface area contributed by atoms with E-state index in [-0.39, 0.29) is 39.7 Å². The summed E-state index contributed by atoms with van der Waals surface area (Å²) in [7, 11) is 0. The van der Waals surface area contributed by atoms with Crippen molar-refractivity contribution in [1.29, 1.82) is 0 Å². The van der Waals surface area contributed by atoms with Crippen LogP contribution < -0.4 is 0 Å². The van der Waals surface area contributed by atoms with E-state index in [1.165, 1.54) is 24.8 Å². The van der Waals surface area contributed by atoms with Gasteiger partial charge in [0.15, 0.2) is 0 Å². The number of carbonyl (C=O) groups excluding carboxylic acids is 1. The minimum absolute atomic E-state index is 0.00466. The molecule has 5 rings (SSSR count). The van der Waals surface area contributed by atoms with E-state index in [9.17, 15) is 14.7 Å². The lowest BCUT2D eigenvalue weighted by atomic mass is 9.32. The van der Waals surface area contributed by atoms with E-state index in [0.717, 1.165) is 44.9 Å². The monoisotopic (exact) mass is 498 g/mol. The van der Waals surface area contributed by atoms with Crippen molar-refractivity contribution < 1.29 is 19.4 Å². The molecule has 4 nitrogen and oxygen atoms in total. The van der Waals surface area contributed by atoms with Crippen LogP contribution in [0.3, 0.4) is 0 Å². The molecule has 0 aromatic rings. The second-order valence-electron chi connectivity index (χ2n) is 15.1. The lowest BCUT2D eigenvalue weighted by Crippen LogP contribution is -2.67. The van der Waals surface area contributed by atoms with Gasteiger partial charge >= 0.3 is 11.9 Å². The molecule has 36 heavy (non-hydrogen) atoms. The average Bonchev–Trinajstić information content (AvgIpc) is 3.17. The van der Waals surface area contributed by atoms with Crippen LogP contribution in [0.25, 0.3) is 0 Å². The van der Waals surface area contributed by atoms with E-state index in [1.54, 1.807) is 6.92 Å². The summed E-state index contributed by atoms with van der Waals surface area (Å²) in [4.78, 5) is 24.7. The second kappa shape index (κ2) is 8.09. The van der Waals surface area contributed by atoms with Gasteiger partial charge < -0.3 is 9.84 Å². The van der Waals surface area contributed by atoms with Crippen molar-refractivity contribution in [1.82, 2.24) is 0 Å². The van der Waals surface area contributed by atoms with Crippen molar-refractivity contribution in [2.75, 3.05) is 0 Å². The minimum atomic E-state index is -0.553. The van der Waals surface area contributed by atoms with Gasteiger partial charge in [-0.2, -0.15) is 0 Å². The summed E-state index contributed by atoms with van der Waals surface area (Å²) in [6.07, 6.45) is 10.5. The molecule has 0 saturated heterocycles. The van der Waals surface area contributed by atoms with Gasteiger partial charge in [-0.1, -0.05) is 46.8 Å². The van der Waals surface area contributed by atoms with Crippen LogP contribution in [0.5, 0.6) is 0 Å². The molecule has 202 valence electrons. The third-order valence-electron chi connectivity index (χ3n) is 13.7. The van der Waals surface area contributed by atoms with Crippen LogP contribution in [0.1, 0.15) is 113 Å². The molecule has 0 bridgehead atoms. The van der Waals surface area contributed by atoms with Crippen LogP contribution in [0.4, 0.5) is 0 Å². The fourth-order valence-electron chi connectivity index (χ4n) is 11.9. The van der Waals surface area contributed by atoms with Gasteiger partial charge in [0, 0.05) is 12.3 Å². The maximum atomic E-state index is 12.8. The normalized spacial score (nSPS) is 51.2. The third kappa shape index (κ3) is 3.17. The predicted octanol–water partition coefficient (Wildman–Crippen LogP) is 7.66. The van der Waals surface area contributed by atoms with E-state index < -0.39 is 11.4 Å². The first-order chi connectivity index (χ1) is 16.6. The van der Waals surface area contributed by atoms with Crippen molar-refractivity contribution >= 4 is 11.9 Å². The van der Waals surface area contributed by atoms with E-state index in [4.69, 9.17) is 4.74 Å². The van der Waals surface area contributed by atoms with E-state index in [0.29, 0.717) is 23.7 Å². The van der Waals surface area contributed by atoms with E-state index in [2.05, 4.69) is 48.1 Å². The zero-order valence-corrected chi connectivity index (χ0v) is 23.9. The zero-order valence-electron chi connectivity index (χ0n) is 23.9. The van der Waals surface area contributed by atoms with Gasteiger partial charge in [-0.15, -0.1) is 0 Å². The van der Waals surface area contributed by atoms with Crippen molar-refractivity contribution in [2.45, 2.75) is 119 Å². The largest absolute Gasteiger partial charge is 0.481 e. The summed E-state index contributed by atoms with van der Waals surface area (Å²) in [6.45, 7) is 20.4. The highest BCUT2D eigenvalue weighted by molar-refractivity contribution is 5.76. The highest BCUT2D eigenvalue weighted by atomic mass is 16.5. The Kier molecular flexibility index (Phi) is 5.91. The highest BCUT2D eigenvalue weighted by Crippen LogP contribution is 2.77. The number of carboxylic acid groups (broad SMARTS) is 1. The fraction of sp³-hybridized carbons (Fsp3) is 0.875. The summed E-state index contributed by atoms with van der Waals surface area (Å²) in [5.41, 5.74) is 1.20. The Hall–Kier alpha value is -1.32. The topological polar surface area (TPSA) is 63.6 Å². The lowest BCUT2D eigenvalue weighted by Gasteiger charge is -2.72. The lowest BCUT2D eigenvalue weighted by molar-refractivity contribution is -0.250. The molecule has 0 spiro atoms. The Morgan fingerprint density at radius 3 is 2.11 bits per heavy atom. The molecule has 5 aliphatic rings. The molecule has 0 aliphatic heterocycles. The molecular weight excluding hydrogens is 448 g/mol. The Morgan fingerprint density at radius 2 is 1.50 bits per heavy atom. The Bertz CT molecular complexity index is 967. The van der Waals surface area contributed by atoms with Crippen molar-refractivity contribution in [3.8, 4) is 0 Å². The number of carbonyl (C=O) groups is 2. The predicted molar refractivity (Wildman–Crippen MR) is 142 cm³/mol. The summed E-state index contributed by atoms with van der Waals surface area (Å²) >= 11 is 0. The number of ether oxygens (including phenoxy) is 1. The second-order valence-corrected chi connectivity index (χ2v) is 15.1. The maximum absolute atomic E-state index is 12.8. The first kappa shape index (κ1) is 26.3. The van der Waals surface area contributed by atoms with Gasteiger partial charge in [0.25, 0.3) is 0 Å². The number of hydrogen-bond donors (Lipinski definition) is 1. The maximum Gasteiger partial charge on any atom is 0.309 e. The molecule has 5 saturated carbocycles. The molecule has 1 N–H and O–H groups in total. The summed E-state index contributed by atoms with van der Waals surface area (Å²) in [5.74, 6) is 1.49. The van der Waals surface area contributed by atoms with Gasteiger partial charge in [-0.25, -0.2) is 0 Å². The van der Waals surface area contributed by atoms with Crippen molar-refractivity contribution in [3.05, 3.63) is 12.2 Å². The van der Waals surface area contributed by atoms with Crippen LogP contribution in [-0.4, -0.2) is 23.1 Å². The van der Waals surface area contributed by atoms with Gasteiger partial charge in [-0.05, 0) is 117 Å². The Morgan fingerprint density at radius 1 is 0.806 bits per heavy atom. The first-order valence-corrected chi connectivity index (χ1v) is 14.7. The standard InChI is InChI=1S/C32H50O4/c1-19(2)21-11-16-32(27(34)35)18-17-30(7)22(26(21)32)9-10-24-29(6)14-13-25(36-20(3)33)28(4,5)23(29)12-15-31(24,30)8/h21-26H,1,9-18H2,2-8H3,(H,34,35)/t21-,22+,23-,24+,25-,26+,29-,30?,31+,32-/m0/s1. The SMILES string of the molecule is C=C(C)[C@@H]1CC[C@]2(C(=O)O)CCC3(C)[C@H](CC[C@@H]4[C@@]5(C)CC[C@H](OC(C)=O)C(C)(C)[C@@H]5CC[C@]43C)[C@@H]12. The number of aliphatic carboxylic acids is 1. The molecule has 0 aromatic carbocycles. The molecule has 4 heteroatoms. The number of fused-ring (bicyclic) bond motifs is 7. The van der Waals surface area contributed by atoms with Gasteiger partial charge in [0.05, 0.1) is 5.41 Å². The molecule has 0 heterocycles.